The first-order valence-electron chi connectivity index (χ1n) is 6.68. The van der Waals surface area contributed by atoms with Crippen molar-refractivity contribution >= 4 is 10.4 Å². The van der Waals surface area contributed by atoms with E-state index in [1.165, 1.54) is 44.9 Å². The first-order chi connectivity index (χ1) is 8.06. The third-order valence-corrected chi connectivity index (χ3v) is 3.19. The Morgan fingerprint density at radius 1 is 0.833 bits per heavy atom. The van der Waals surface area contributed by atoms with E-state index in [0.29, 0.717) is 6.42 Å². The molecule has 6 heteroatoms. The van der Waals surface area contributed by atoms with E-state index in [4.69, 9.17) is 4.55 Å². The first kappa shape index (κ1) is 21.5. The Labute approximate surface area is 146 Å². The second-order valence-corrected chi connectivity index (χ2v) is 5.52. The van der Waals surface area contributed by atoms with Crippen molar-refractivity contribution in [3.05, 3.63) is 0 Å². The molecule has 18 heavy (non-hydrogen) atoms. The normalized spacial score (nSPS) is 11.2. The smallest absolute Gasteiger partial charge is 0.264 e. The molecule has 0 spiro atoms. The molecule has 0 rings (SSSR count). The summed E-state index contributed by atoms with van der Waals surface area (Å²) in [6, 6.07) is 0. The van der Waals surface area contributed by atoms with Gasteiger partial charge < -0.3 is 0 Å². The van der Waals surface area contributed by atoms with Gasteiger partial charge in [0.05, 0.1) is 6.61 Å². The zero-order valence-corrected chi connectivity index (χ0v) is 15.3. The van der Waals surface area contributed by atoms with E-state index in [1.54, 1.807) is 0 Å². The fourth-order valence-electron chi connectivity index (χ4n) is 1.75. The van der Waals surface area contributed by atoms with Gasteiger partial charge in [0.1, 0.15) is 0 Å². The monoisotopic (exact) mass is 406 g/mol. The number of hydrogen-bond donors (Lipinski definition) is 1. The van der Waals surface area contributed by atoms with Gasteiger partial charge in [-0.05, 0) is 6.42 Å². The van der Waals surface area contributed by atoms with Gasteiger partial charge in [-0.2, -0.15) is 8.42 Å². The van der Waals surface area contributed by atoms with E-state index in [-0.39, 0.29) is 48.4 Å². The van der Waals surface area contributed by atoms with Crippen molar-refractivity contribution in [1.82, 2.24) is 0 Å². The average molecular weight is 407 g/mol. The summed E-state index contributed by atoms with van der Waals surface area (Å²) in [5, 5.41) is 0. The first-order valence-corrected chi connectivity index (χ1v) is 8.04. The Kier molecular flexibility index (Phi) is 17.5. The van der Waals surface area contributed by atoms with Crippen molar-refractivity contribution in [2.45, 2.75) is 71.1 Å². The Morgan fingerprint density at radius 3 is 1.61 bits per heavy atom. The predicted octanol–water partition coefficient (Wildman–Crippen LogP) is 3.73. The van der Waals surface area contributed by atoms with E-state index in [1.807, 2.05) is 0 Å². The molecule has 108 valence electrons. The van der Waals surface area contributed by atoms with Crippen molar-refractivity contribution in [2.24, 2.45) is 0 Å². The number of rotatable bonds is 12. The van der Waals surface area contributed by atoms with Crippen molar-refractivity contribution in [3.63, 3.8) is 0 Å². The van der Waals surface area contributed by atoms with Crippen LogP contribution in [0.4, 0.5) is 0 Å². The second kappa shape index (κ2) is 14.7. The minimum Gasteiger partial charge on any atom is -0.264 e. The summed E-state index contributed by atoms with van der Waals surface area (Å²) in [7, 11) is -4.23. The van der Waals surface area contributed by atoms with Crippen LogP contribution in [-0.4, -0.2) is 19.6 Å². The maximum absolute atomic E-state index is 10.2. The Hall–Kier alpha value is 1.25. The molecule has 0 saturated heterocycles. The van der Waals surface area contributed by atoms with Crippen LogP contribution in [0.3, 0.4) is 0 Å². The van der Waals surface area contributed by atoms with Gasteiger partial charge >= 0.3 is 10.4 Å². The third-order valence-electron chi connectivity index (χ3n) is 2.73. The molecule has 0 aliphatic rings. The van der Waals surface area contributed by atoms with Gasteiger partial charge in [0, 0.05) is 41.7 Å². The van der Waals surface area contributed by atoms with Crippen molar-refractivity contribution in [2.75, 3.05) is 6.61 Å². The largest absolute Gasteiger partial charge is 0.397 e. The molecule has 0 amide bonds. The van der Waals surface area contributed by atoms with Gasteiger partial charge in [-0.25, -0.2) is 4.18 Å². The summed E-state index contributed by atoms with van der Waals surface area (Å²) in [6.07, 6.45) is 11.9. The quantitative estimate of drug-likeness (QED) is 0.396. The summed E-state index contributed by atoms with van der Waals surface area (Å²) in [5.41, 5.74) is 0. The molecule has 0 aliphatic heterocycles. The van der Waals surface area contributed by atoms with Crippen molar-refractivity contribution < 1.29 is 58.9 Å². The minimum atomic E-state index is -4.23. The van der Waals surface area contributed by atoms with Crippen LogP contribution in [0, 0.1) is 41.7 Å². The Morgan fingerprint density at radius 2 is 1.22 bits per heavy atom. The molecule has 1 N–H and O–H groups in total. The molecule has 0 aliphatic carbocycles. The standard InChI is InChI=1S/C12H26O4S.Ce/c1-2-3-4-5-6-7-8-9-10-11-12-16-17(13,14)15;/h2-12H2,1H3,(H,13,14,15);. The summed E-state index contributed by atoms with van der Waals surface area (Å²) in [4.78, 5) is 0. The van der Waals surface area contributed by atoms with Crippen LogP contribution in [0.15, 0.2) is 0 Å². The zero-order chi connectivity index (χ0) is 13.0. The molecular weight excluding hydrogens is 380 g/mol. The van der Waals surface area contributed by atoms with E-state index in [0.717, 1.165) is 12.8 Å². The molecule has 0 saturated carbocycles. The van der Waals surface area contributed by atoms with E-state index >= 15 is 0 Å². The van der Waals surface area contributed by atoms with E-state index in [9.17, 15) is 8.42 Å². The molecule has 0 heterocycles. The molecule has 0 aromatic carbocycles. The van der Waals surface area contributed by atoms with Gasteiger partial charge in [-0.3, -0.25) is 4.55 Å². The molecule has 0 fully saturated rings. The Balaban J connectivity index is 0. The van der Waals surface area contributed by atoms with Gasteiger partial charge in [0.2, 0.25) is 0 Å². The average Bonchev–Trinajstić information content (AvgIpc) is 2.24. The van der Waals surface area contributed by atoms with Gasteiger partial charge in [0.25, 0.3) is 0 Å². The summed E-state index contributed by atoms with van der Waals surface area (Å²) in [5.74, 6) is 0. The summed E-state index contributed by atoms with van der Waals surface area (Å²) in [6.45, 7) is 2.31. The molecule has 0 unspecified atom stereocenters. The van der Waals surface area contributed by atoms with E-state index in [2.05, 4.69) is 11.1 Å². The molecule has 0 bridgehead atoms. The van der Waals surface area contributed by atoms with Crippen molar-refractivity contribution in [1.29, 1.82) is 0 Å². The van der Waals surface area contributed by atoms with Crippen LogP contribution in [0.1, 0.15) is 71.1 Å². The van der Waals surface area contributed by atoms with Gasteiger partial charge in [0.15, 0.2) is 0 Å². The summed E-state index contributed by atoms with van der Waals surface area (Å²) >= 11 is 0. The maximum Gasteiger partial charge on any atom is 0.397 e. The SMILES string of the molecule is CCCCCCCCCCCCOS(=O)(=O)O.[Ce]. The van der Waals surface area contributed by atoms with Crippen LogP contribution >= 0.6 is 0 Å². The van der Waals surface area contributed by atoms with Crippen LogP contribution in [0.5, 0.6) is 0 Å². The van der Waals surface area contributed by atoms with Crippen LogP contribution < -0.4 is 0 Å². The number of unbranched alkanes of at least 4 members (excludes halogenated alkanes) is 9. The van der Waals surface area contributed by atoms with Crippen LogP contribution in [0.2, 0.25) is 0 Å². The molecule has 0 radical (unpaired) electrons. The van der Waals surface area contributed by atoms with Crippen molar-refractivity contribution in [3.8, 4) is 0 Å². The number of hydrogen-bond acceptors (Lipinski definition) is 3. The zero-order valence-electron chi connectivity index (χ0n) is 11.4. The van der Waals surface area contributed by atoms with Gasteiger partial charge in [-0.1, -0.05) is 64.7 Å². The molecular formula is C12H26CeO4S. The fourth-order valence-corrected chi connectivity index (χ4v) is 2.08. The molecule has 0 aromatic heterocycles. The fraction of sp³-hybridized carbons (Fsp3) is 1.00. The predicted molar refractivity (Wildman–Crippen MR) is 69.3 cm³/mol. The second-order valence-electron chi connectivity index (χ2n) is 4.43. The molecule has 4 nitrogen and oxygen atoms in total. The summed E-state index contributed by atoms with van der Waals surface area (Å²) < 4.78 is 33.0. The maximum atomic E-state index is 10.2. The van der Waals surface area contributed by atoms with Crippen LogP contribution in [0.25, 0.3) is 0 Å². The third kappa shape index (κ3) is 19.6. The van der Waals surface area contributed by atoms with Gasteiger partial charge in [-0.15, -0.1) is 0 Å². The Bertz CT molecular complexity index is 255. The van der Waals surface area contributed by atoms with E-state index < -0.39 is 10.4 Å². The molecule has 0 atom stereocenters. The van der Waals surface area contributed by atoms with Crippen LogP contribution in [-0.2, 0) is 14.6 Å². The minimum absolute atomic E-state index is 0. The topological polar surface area (TPSA) is 63.6 Å². The molecule has 0 aromatic rings.